The first-order chi connectivity index (χ1) is 8.58. The minimum atomic E-state index is -0.163. The Morgan fingerprint density at radius 2 is 1.94 bits per heavy atom. The van der Waals surface area contributed by atoms with E-state index in [9.17, 15) is 0 Å². The first kappa shape index (κ1) is 13.4. The molecule has 2 nitrogen and oxygen atoms in total. The van der Waals surface area contributed by atoms with Crippen molar-refractivity contribution in [3.05, 3.63) is 51.2 Å². The Labute approximate surface area is 116 Å². The summed E-state index contributed by atoms with van der Waals surface area (Å²) in [6.07, 6.45) is -0.163. The van der Waals surface area contributed by atoms with Gasteiger partial charge in [-0.1, -0.05) is 23.7 Å². The number of thiophene rings is 1. The summed E-state index contributed by atoms with van der Waals surface area (Å²) in [5.74, 6) is 0.674. The van der Waals surface area contributed by atoms with Gasteiger partial charge in [-0.3, -0.25) is 0 Å². The SMILES string of the molecule is Cc1ccc(C(Oc2ccccc2Cl)C(C)N)s1. The van der Waals surface area contributed by atoms with Gasteiger partial charge in [0, 0.05) is 15.8 Å². The highest BCUT2D eigenvalue weighted by molar-refractivity contribution is 7.12. The molecular formula is C14H16ClNOS. The Kier molecular flexibility index (Phi) is 4.27. The van der Waals surface area contributed by atoms with Gasteiger partial charge in [0.05, 0.1) is 5.02 Å². The maximum atomic E-state index is 6.10. The quantitative estimate of drug-likeness (QED) is 0.912. The number of hydrogen-bond donors (Lipinski definition) is 1. The lowest BCUT2D eigenvalue weighted by molar-refractivity contribution is 0.184. The van der Waals surface area contributed by atoms with Gasteiger partial charge in [-0.2, -0.15) is 0 Å². The van der Waals surface area contributed by atoms with Crippen molar-refractivity contribution in [2.75, 3.05) is 0 Å². The molecular weight excluding hydrogens is 266 g/mol. The van der Waals surface area contributed by atoms with Crippen molar-refractivity contribution in [2.45, 2.75) is 26.0 Å². The predicted octanol–water partition coefficient (Wildman–Crippen LogP) is 4.18. The van der Waals surface area contributed by atoms with Crippen LogP contribution >= 0.6 is 22.9 Å². The van der Waals surface area contributed by atoms with E-state index in [2.05, 4.69) is 19.1 Å². The third kappa shape index (κ3) is 3.05. The van der Waals surface area contributed by atoms with Crippen LogP contribution in [0.2, 0.25) is 5.02 Å². The van der Waals surface area contributed by atoms with E-state index >= 15 is 0 Å². The van der Waals surface area contributed by atoms with Crippen LogP contribution < -0.4 is 10.5 Å². The summed E-state index contributed by atoms with van der Waals surface area (Å²) in [7, 11) is 0. The van der Waals surface area contributed by atoms with Crippen LogP contribution in [0.3, 0.4) is 0 Å². The molecule has 0 spiro atoms. The van der Waals surface area contributed by atoms with E-state index in [0.717, 1.165) is 4.88 Å². The number of halogens is 1. The van der Waals surface area contributed by atoms with Gasteiger partial charge in [-0.25, -0.2) is 0 Å². The number of nitrogens with two attached hydrogens (primary N) is 1. The molecule has 0 aliphatic rings. The van der Waals surface area contributed by atoms with Crippen LogP contribution in [-0.4, -0.2) is 6.04 Å². The monoisotopic (exact) mass is 281 g/mol. The lowest BCUT2D eigenvalue weighted by Gasteiger charge is -2.22. The Bertz CT molecular complexity index is 524. The average Bonchev–Trinajstić information content (AvgIpc) is 2.74. The van der Waals surface area contributed by atoms with Gasteiger partial charge in [0.1, 0.15) is 11.9 Å². The summed E-state index contributed by atoms with van der Waals surface area (Å²) >= 11 is 7.80. The number of para-hydroxylation sites is 1. The molecule has 0 aliphatic heterocycles. The predicted molar refractivity (Wildman–Crippen MR) is 77.5 cm³/mol. The number of benzene rings is 1. The Morgan fingerprint density at radius 3 is 2.50 bits per heavy atom. The molecule has 0 saturated carbocycles. The van der Waals surface area contributed by atoms with Crippen molar-refractivity contribution < 1.29 is 4.74 Å². The minimum Gasteiger partial charge on any atom is -0.482 e. The van der Waals surface area contributed by atoms with Crippen LogP contribution in [-0.2, 0) is 0 Å². The van der Waals surface area contributed by atoms with E-state index in [0.29, 0.717) is 10.8 Å². The van der Waals surface area contributed by atoms with E-state index in [1.807, 2.05) is 31.2 Å². The Hall–Kier alpha value is -1.03. The molecule has 0 aliphatic carbocycles. The fourth-order valence-electron chi connectivity index (χ4n) is 1.71. The number of rotatable bonds is 4. The molecule has 2 unspecified atom stereocenters. The first-order valence-corrected chi connectivity index (χ1v) is 7.00. The molecule has 0 amide bonds. The minimum absolute atomic E-state index is 0.0978. The molecule has 18 heavy (non-hydrogen) atoms. The second kappa shape index (κ2) is 5.74. The van der Waals surface area contributed by atoms with E-state index in [4.69, 9.17) is 22.1 Å². The van der Waals surface area contributed by atoms with Crippen molar-refractivity contribution in [1.82, 2.24) is 0 Å². The lowest BCUT2D eigenvalue weighted by Crippen LogP contribution is -2.28. The Balaban J connectivity index is 2.25. The van der Waals surface area contributed by atoms with E-state index < -0.39 is 0 Å². The van der Waals surface area contributed by atoms with Gasteiger partial charge in [0.25, 0.3) is 0 Å². The van der Waals surface area contributed by atoms with Crippen LogP contribution in [0.25, 0.3) is 0 Å². The summed E-state index contributed by atoms with van der Waals surface area (Å²) in [6, 6.07) is 11.5. The number of aryl methyl sites for hydroxylation is 1. The van der Waals surface area contributed by atoms with Gasteiger partial charge in [-0.15, -0.1) is 11.3 Å². The van der Waals surface area contributed by atoms with Gasteiger partial charge in [-0.05, 0) is 38.1 Å². The molecule has 1 aromatic carbocycles. The second-order valence-electron chi connectivity index (χ2n) is 4.28. The van der Waals surface area contributed by atoms with Crippen LogP contribution in [0, 0.1) is 6.92 Å². The van der Waals surface area contributed by atoms with Crippen LogP contribution in [0.4, 0.5) is 0 Å². The van der Waals surface area contributed by atoms with Crippen LogP contribution in [0.5, 0.6) is 5.75 Å². The normalized spacial score (nSPS) is 14.2. The maximum Gasteiger partial charge on any atom is 0.148 e. The average molecular weight is 282 g/mol. The molecule has 4 heteroatoms. The summed E-state index contributed by atoms with van der Waals surface area (Å²) in [5.41, 5.74) is 6.01. The number of ether oxygens (including phenoxy) is 1. The fourth-order valence-corrected chi connectivity index (χ4v) is 2.91. The molecule has 1 aromatic heterocycles. The zero-order valence-corrected chi connectivity index (χ0v) is 12.0. The first-order valence-electron chi connectivity index (χ1n) is 5.81. The van der Waals surface area contributed by atoms with Crippen LogP contribution in [0.1, 0.15) is 22.8 Å². The summed E-state index contributed by atoms with van der Waals surface area (Å²) in [6.45, 7) is 4.01. The highest BCUT2D eigenvalue weighted by Crippen LogP contribution is 2.32. The molecule has 96 valence electrons. The lowest BCUT2D eigenvalue weighted by atomic mass is 10.1. The molecule has 0 radical (unpaired) electrons. The van der Waals surface area contributed by atoms with E-state index in [-0.39, 0.29) is 12.1 Å². The van der Waals surface area contributed by atoms with Crippen molar-refractivity contribution in [3.63, 3.8) is 0 Å². The maximum absolute atomic E-state index is 6.10. The van der Waals surface area contributed by atoms with E-state index in [1.165, 1.54) is 4.88 Å². The van der Waals surface area contributed by atoms with Crippen molar-refractivity contribution in [2.24, 2.45) is 5.73 Å². The standard InChI is InChI=1S/C14H16ClNOS/c1-9-7-8-13(18-9)14(10(2)16)17-12-6-4-3-5-11(12)15/h3-8,10,14H,16H2,1-2H3. The van der Waals surface area contributed by atoms with Gasteiger partial charge in [0.15, 0.2) is 0 Å². The molecule has 2 atom stereocenters. The zero-order chi connectivity index (χ0) is 13.1. The summed E-state index contributed by atoms with van der Waals surface area (Å²) in [4.78, 5) is 2.38. The third-order valence-electron chi connectivity index (χ3n) is 2.61. The molecule has 1 heterocycles. The summed E-state index contributed by atoms with van der Waals surface area (Å²) in [5, 5.41) is 0.608. The number of hydrogen-bond acceptors (Lipinski definition) is 3. The molecule has 0 saturated heterocycles. The van der Waals surface area contributed by atoms with Gasteiger partial charge >= 0.3 is 0 Å². The van der Waals surface area contributed by atoms with Crippen molar-refractivity contribution in [3.8, 4) is 5.75 Å². The van der Waals surface area contributed by atoms with Crippen molar-refractivity contribution in [1.29, 1.82) is 0 Å². The fraction of sp³-hybridized carbons (Fsp3) is 0.286. The Morgan fingerprint density at radius 1 is 1.22 bits per heavy atom. The molecule has 0 fully saturated rings. The van der Waals surface area contributed by atoms with Gasteiger partial charge in [0.2, 0.25) is 0 Å². The highest BCUT2D eigenvalue weighted by Gasteiger charge is 2.20. The van der Waals surface area contributed by atoms with Gasteiger partial charge < -0.3 is 10.5 Å². The largest absolute Gasteiger partial charge is 0.482 e. The zero-order valence-electron chi connectivity index (χ0n) is 10.4. The second-order valence-corrected chi connectivity index (χ2v) is 6.00. The summed E-state index contributed by atoms with van der Waals surface area (Å²) < 4.78 is 5.96. The van der Waals surface area contributed by atoms with Crippen molar-refractivity contribution >= 4 is 22.9 Å². The molecule has 0 bridgehead atoms. The molecule has 2 N–H and O–H groups in total. The topological polar surface area (TPSA) is 35.2 Å². The van der Waals surface area contributed by atoms with E-state index in [1.54, 1.807) is 11.3 Å². The molecule has 2 aromatic rings. The third-order valence-corrected chi connectivity index (χ3v) is 3.98. The highest BCUT2D eigenvalue weighted by atomic mass is 35.5. The molecule has 2 rings (SSSR count). The van der Waals surface area contributed by atoms with Crippen LogP contribution in [0.15, 0.2) is 36.4 Å². The smallest absolute Gasteiger partial charge is 0.148 e.